The normalized spacial score (nSPS) is 21.9. The van der Waals surface area contributed by atoms with Gasteiger partial charge in [-0.2, -0.15) is 0 Å². The fourth-order valence-electron chi connectivity index (χ4n) is 2.89. The van der Waals surface area contributed by atoms with E-state index in [4.69, 9.17) is 0 Å². The first-order valence-electron chi connectivity index (χ1n) is 6.43. The molecule has 1 aliphatic heterocycles. The summed E-state index contributed by atoms with van der Waals surface area (Å²) in [6.07, 6.45) is 3.95. The van der Waals surface area contributed by atoms with Crippen LogP contribution >= 0.6 is 0 Å². The molecule has 0 spiro atoms. The first-order chi connectivity index (χ1) is 8.76. The number of para-hydroxylation sites is 1. The Balaban J connectivity index is 1.68. The van der Waals surface area contributed by atoms with Crippen molar-refractivity contribution in [3.05, 3.63) is 30.6 Å². The van der Waals surface area contributed by atoms with Crippen molar-refractivity contribution in [2.24, 2.45) is 5.92 Å². The smallest absolute Gasteiger partial charge is 0.140 e. The van der Waals surface area contributed by atoms with Crippen LogP contribution in [0, 0.1) is 5.92 Å². The fourth-order valence-corrected chi connectivity index (χ4v) is 2.89. The zero-order valence-electron chi connectivity index (χ0n) is 10.1. The number of nitrogens with zero attached hydrogens (tertiary/aromatic N) is 3. The van der Waals surface area contributed by atoms with Crippen LogP contribution in [0.4, 0.5) is 5.82 Å². The molecule has 4 nitrogen and oxygen atoms in total. The highest BCUT2D eigenvalue weighted by Gasteiger charge is 2.52. The molecule has 2 fully saturated rings. The molecule has 2 aromatic rings. The lowest BCUT2D eigenvalue weighted by Gasteiger charge is -2.47. The minimum absolute atomic E-state index is 0.466. The van der Waals surface area contributed by atoms with Crippen LogP contribution in [0.15, 0.2) is 30.6 Å². The predicted molar refractivity (Wildman–Crippen MR) is 69.4 cm³/mol. The van der Waals surface area contributed by atoms with Gasteiger partial charge in [-0.05, 0) is 30.9 Å². The lowest BCUT2D eigenvalue weighted by atomic mass is 9.88. The zero-order valence-corrected chi connectivity index (χ0v) is 10.1. The maximum atomic E-state index is 10.4. The molecule has 1 aliphatic carbocycles. The van der Waals surface area contributed by atoms with Crippen molar-refractivity contribution in [1.29, 1.82) is 0 Å². The van der Waals surface area contributed by atoms with E-state index in [1.54, 1.807) is 6.33 Å². The molecule has 2 heterocycles. The van der Waals surface area contributed by atoms with Crippen molar-refractivity contribution in [1.82, 2.24) is 9.97 Å². The van der Waals surface area contributed by atoms with E-state index in [1.165, 1.54) is 12.8 Å². The molecule has 0 bridgehead atoms. The van der Waals surface area contributed by atoms with E-state index in [0.717, 1.165) is 16.7 Å². The van der Waals surface area contributed by atoms with Crippen molar-refractivity contribution in [3.8, 4) is 0 Å². The number of aromatic nitrogens is 2. The topological polar surface area (TPSA) is 49.2 Å². The molecular formula is C14H15N3O. The maximum absolute atomic E-state index is 10.4. The van der Waals surface area contributed by atoms with E-state index < -0.39 is 5.60 Å². The molecule has 18 heavy (non-hydrogen) atoms. The van der Waals surface area contributed by atoms with E-state index in [9.17, 15) is 5.11 Å². The summed E-state index contributed by atoms with van der Waals surface area (Å²) in [4.78, 5) is 10.8. The molecule has 1 aromatic carbocycles. The number of aliphatic hydroxyl groups is 1. The van der Waals surface area contributed by atoms with Crippen molar-refractivity contribution >= 4 is 16.7 Å². The molecule has 4 rings (SSSR count). The van der Waals surface area contributed by atoms with Gasteiger partial charge in [-0.3, -0.25) is 0 Å². The second-order valence-corrected chi connectivity index (χ2v) is 5.45. The van der Waals surface area contributed by atoms with Crippen molar-refractivity contribution < 1.29 is 5.11 Å². The summed E-state index contributed by atoms with van der Waals surface area (Å²) < 4.78 is 0. The second-order valence-electron chi connectivity index (χ2n) is 5.45. The standard InChI is InChI=1S/C14H15N3O/c18-14(10-5-6-10)7-17(8-14)13-11-3-1-2-4-12(11)15-9-16-13/h1-4,9-10,18H,5-8H2. The molecule has 92 valence electrons. The molecule has 0 unspecified atom stereocenters. The molecule has 2 aliphatic rings. The predicted octanol–water partition coefficient (Wildman–Crippen LogP) is 1.59. The second kappa shape index (κ2) is 3.42. The van der Waals surface area contributed by atoms with Gasteiger partial charge in [0.2, 0.25) is 0 Å². The van der Waals surface area contributed by atoms with Gasteiger partial charge in [0, 0.05) is 5.39 Å². The molecule has 0 radical (unpaired) electrons. The van der Waals surface area contributed by atoms with Gasteiger partial charge in [-0.1, -0.05) is 12.1 Å². The highest BCUT2D eigenvalue weighted by molar-refractivity contribution is 5.89. The maximum Gasteiger partial charge on any atom is 0.140 e. The lowest BCUT2D eigenvalue weighted by Crippen LogP contribution is -2.63. The summed E-state index contributed by atoms with van der Waals surface area (Å²) >= 11 is 0. The van der Waals surface area contributed by atoms with Crippen LogP contribution in [-0.2, 0) is 0 Å². The number of anilines is 1. The van der Waals surface area contributed by atoms with Gasteiger partial charge in [-0.25, -0.2) is 9.97 Å². The van der Waals surface area contributed by atoms with E-state index in [1.807, 2.05) is 24.3 Å². The number of rotatable bonds is 2. The molecule has 1 aromatic heterocycles. The van der Waals surface area contributed by atoms with Crippen molar-refractivity contribution in [2.75, 3.05) is 18.0 Å². The Morgan fingerprint density at radius 1 is 1.17 bits per heavy atom. The Bertz CT molecular complexity index is 598. The molecule has 1 N–H and O–H groups in total. The summed E-state index contributed by atoms with van der Waals surface area (Å²) in [5.41, 5.74) is 0.496. The van der Waals surface area contributed by atoms with Gasteiger partial charge >= 0.3 is 0 Å². The van der Waals surface area contributed by atoms with E-state index in [-0.39, 0.29) is 0 Å². The van der Waals surface area contributed by atoms with Crippen LogP contribution in [0.2, 0.25) is 0 Å². The lowest BCUT2D eigenvalue weighted by molar-refractivity contribution is -0.00958. The highest BCUT2D eigenvalue weighted by atomic mass is 16.3. The average Bonchev–Trinajstić information content (AvgIpc) is 3.19. The van der Waals surface area contributed by atoms with Gasteiger partial charge in [0.1, 0.15) is 17.7 Å². The fraction of sp³-hybridized carbons (Fsp3) is 0.429. The van der Waals surface area contributed by atoms with Crippen LogP contribution in [0.5, 0.6) is 0 Å². The molecule has 1 saturated carbocycles. The SMILES string of the molecule is OC1(C2CC2)CN(c2ncnc3ccccc23)C1. The quantitative estimate of drug-likeness (QED) is 0.867. The summed E-state index contributed by atoms with van der Waals surface area (Å²) in [7, 11) is 0. The van der Waals surface area contributed by atoms with Crippen molar-refractivity contribution in [2.45, 2.75) is 18.4 Å². The third-order valence-electron chi connectivity index (χ3n) is 4.09. The summed E-state index contributed by atoms with van der Waals surface area (Å²) in [5, 5.41) is 11.4. The van der Waals surface area contributed by atoms with Crippen molar-refractivity contribution in [3.63, 3.8) is 0 Å². The summed E-state index contributed by atoms with van der Waals surface area (Å²) in [5.74, 6) is 1.47. The van der Waals surface area contributed by atoms with E-state index in [2.05, 4.69) is 14.9 Å². The van der Waals surface area contributed by atoms with Gasteiger partial charge in [-0.15, -0.1) is 0 Å². The minimum atomic E-state index is -0.466. The molecule has 1 saturated heterocycles. The van der Waals surface area contributed by atoms with E-state index >= 15 is 0 Å². The van der Waals surface area contributed by atoms with Crippen LogP contribution < -0.4 is 4.90 Å². The Hall–Kier alpha value is -1.68. The van der Waals surface area contributed by atoms with Crippen LogP contribution in [0.1, 0.15) is 12.8 Å². The first kappa shape index (κ1) is 10.3. The monoisotopic (exact) mass is 241 g/mol. The minimum Gasteiger partial charge on any atom is -0.386 e. The highest BCUT2D eigenvalue weighted by Crippen LogP contribution is 2.45. The Morgan fingerprint density at radius 2 is 1.94 bits per heavy atom. The summed E-state index contributed by atoms with van der Waals surface area (Å²) in [6, 6.07) is 8.02. The summed E-state index contributed by atoms with van der Waals surface area (Å²) in [6.45, 7) is 1.41. The van der Waals surface area contributed by atoms with Gasteiger partial charge in [0.25, 0.3) is 0 Å². The zero-order chi connectivity index (χ0) is 12.2. The average molecular weight is 241 g/mol. The largest absolute Gasteiger partial charge is 0.386 e. The number of β-amino-alcohol motifs (C(OH)–C–C–N with tert-alkyl or cyclic N) is 1. The number of benzene rings is 1. The number of hydrogen-bond donors (Lipinski definition) is 1. The number of fused-ring (bicyclic) bond motifs is 1. The van der Waals surface area contributed by atoms with E-state index in [0.29, 0.717) is 19.0 Å². The third-order valence-corrected chi connectivity index (χ3v) is 4.09. The molecule has 0 atom stereocenters. The van der Waals surface area contributed by atoms with Gasteiger partial charge in [0.15, 0.2) is 0 Å². The van der Waals surface area contributed by atoms with Gasteiger partial charge < -0.3 is 10.0 Å². The molecular weight excluding hydrogens is 226 g/mol. The van der Waals surface area contributed by atoms with Crippen LogP contribution in [0.25, 0.3) is 10.9 Å². The Morgan fingerprint density at radius 3 is 2.72 bits per heavy atom. The molecule has 0 amide bonds. The van der Waals surface area contributed by atoms with Gasteiger partial charge in [0.05, 0.1) is 18.6 Å². The van der Waals surface area contributed by atoms with Crippen LogP contribution in [-0.4, -0.2) is 33.8 Å². The number of hydrogen-bond acceptors (Lipinski definition) is 4. The van der Waals surface area contributed by atoms with Crippen LogP contribution in [0.3, 0.4) is 0 Å². The molecule has 4 heteroatoms. The first-order valence-corrected chi connectivity index (χ1v) is 6.43. The Kier molecular flexibility index (Phi) is 1.95. The third kappa shape index (κ3) is 1.42. The Labute approximate surface area is 105 Å².